The van der Waals surface area contributed by atoms with Crippen molar-refractivity contribution in [3.8, 4) is 0 Å². The van der Waals surface area contributed by atoms with E-state index in [1.165, 1.54) is 31.2 Å². The Hall–Kier alpha value is -1.75. The molecular weight excluding hydrogens is 276 g/mol. The number of hydrogen-bond donors (Lipinski definition) is 1. The van der Waals surface area contributed by atoms with Gasteiger partial charge in [0.05, 0.1) is 11.5 Å². The third-order valence-corrected chi connectivity index (χ3v) is 4.20. The minimum atomic E-state index is 0.495. The Morgan fingerprint density at radius 2 is 2.18 bits per heavy atom. The molecule has 1 aliphatic heterocycles. The maximum atomic E-state index is 5.65. The average Bonchev–Trinajstić information content (AvgIpc) is 2.99. The molecule has 2 aromatic rings. The summed E-state index contributed by atoms with van der Waals surface area (Å²) < 4.78 is 5.65. The van der Waals surface area contributed by atoms with E-state index in [0.717, 1.165) is 42.1 Å². The lowest BCUT2D eigenvalue weighted by atomic mass is 10.1. The van der Waals surface area contributed by atoms with Crippen LogP contribution in [0.4, 0.5) is 5.82 Å². The van der Waals surface area contributed by atoms with E-state index in [4.69, 9.17) is 4.74 Å². The molecule has 0 aliphatic carbocycles. The van der Waals surface area contributed by atoms with Gasteiger partial charge in [0.15, 0.2) is 5.65 Å². The maximum absolute atomic E-state index is 5.65. The predicted molar refractivity (Wildman–Crippen MR) is 88.1 cm³/mol. The van der Waals surface area contributed by atoms with Gasteiger partial charge in [-0.1, -0.05) is 0 Å². The molecule has 0 spiro atoms. The van der Waals surface area contributed by atoms with Crippen molar-refractivity contribution in [3.05, 3.63) is 23.7 Å². The quantitative estimate of drug-likeness (QED) is 0.828. The van der Waals surface area contributed by atoms with E-state index in [2.05, 4.69) is 33.3 Å². The van der Waals surface area contributed by atoms with Crippen LogP contribution < -0.4 is 5.32 Å². The third kappa shape index (κ3) is 3.53. The Balaban J connectivity index is 1.57. The molecule has 1 N–H and O–H groups in total. The highest BCUT2D eigenvalue weighted by atomic mass is 16.5. The molecule has 0 saturated carbocycles. The summed E-state index contributed by atoms with van der Waals surface area (Å²) >= 11 is 0. The number of rotatable bonds is 6. The molecule has 118 valence electrons. The summed E-state index contributed by atoms with van der Waals surface area (Å²) in [6, 6.07) is 2.08. The van der Waals surface area contributed by atoms with Crippen molar-refractivity contribution in [1.29, 1.82) is 0 Å². The summed E-state index contributed by atoms with van der Waals surface area (Å²) in [4.78, 5) is 13.2. The zero-order chi connectivity index (χ0) is 15.4. The molecule has 5 heteroatoms. The Bertz CT molecular complexity index is 638. The lowest BCUT2D eigenvalue weighted by molar-refractivity contribution is 0.102. The summed E-state index contributed by atoms with van der Waals surface area (Å²) in [6.07, 6.45) is 8.03. The fourth-order valence-corrected chi connectivity index (χ4v) is 3.12. The van der Waals surface area contributed by atoms with Crippen molar-refractivity contribution in [2.75, 3.05) is 18.5 Å². The molecule has 1 aliphatic rings. The number of aromatic nitrogens is 3. The van der Waals surface area contributed by atoms with Gasteiger partial charge >= 0.3 is 0 Å². The van der Waals surface area contributed by atoms with Gasteiger partial charge in [0.1, 0.15) is 12.1 Å². The van der Waals surface area contributed by atoms with E-state index >= 15 is 0 Å². The lowest BCUT2D eigenvalue weighted by Crippen LogP contribution is -2.08. The van der Waals surface area contributed by atoms with E-state index < -0.39 is 0 Å². The van der Waals surface area contributed by atoms with Gasteiger partial charge in [0, 0.05) is 18.8 Å². The number of ether oxygens (including phenoxy) is 1. The molecule has 1 saturated heterocycles. The van der Waals surface area contributed by atoms with Crippen LogP contribution >= 0.6 is 0 Å². The van der Waals surface area contributed by atoms with Gasteiger partial charge in [0.25, 0.3) is 0 Å². The first-order valence-electron chi connectivity index (χ1n) is 8.18. The molecule has 0 bridgehead atoms. The van der Waals surface area contributed by atoms with Crippen LogP contribution in [0.1, 0.15) is 43.4 Å². The van der Waals surface area contributed by atoms with Crippen LogP contribution in [0.5, 0.6) is 0 Å². The molecular formula is C17H24N4O. The van der Waals surface area contributed by atoms with Crippen molar-refractivity contribution in [1.82, 2.24) is 15.0 Å². The van der Waals surface area contributed by atoms with Gasteiger partial charge in [-0.05, 0) is 57.6 Å². The van der Waals surface area contributed by atoms with Crippen molar-refractivity contribution in [2.45, 2.75) is 52.1 Å². The molecule has 0 amide bonds. The molecule has 1 atom stereocenters. The minimum absolute atomic E-state index is 0.495. The van der Waals surface area contributed by atoms with Gasteiger partial charge in [-0.15, -0.1) is 0 Å². The number of fused-ring (bicyclic) bond motifs is 1. The molecule has 0 unspecified atom stereocenters. The summed E-state index contributed by atoms with van der Waals surface area (Å²) in [5.41, 5.74) is 2.94. The number of aryl methyl sites for hydroxylation is 2. The standard InChI is InChI=1S/C17H24N4O/c1-12-10-13(2)21-17-15(12)16(19-11-20-17)18-8-4-3-6-14-7-5-9-22-14/h10-11,14H,3-9H2,1-2H3,(H,18,19,20,21)/t14-/m0/s1. The molecule has 0 aromatic carbocycles. The monoisotopic (exact) mass is 300 g/mol. The van der Waals surface area contributed by atoms with Crippen molar-refractivity contribution < 1.29 is 4.74 Å². The van der Waals surface area contributed by atoms with Crippen LogP contribution in [-0.2, 0) is 4.74 Å². The Labute approximate surface area is 131 Å². The Morgan fingerprint density at radius 1 is 1.27 bits per heavy atom. The predicted octanol–water partition coefficient (Wildman–Crippen LogP) is 3.40. The highest BCUT2D eigenvalue weighted by molar-refractivity contribution is 5.89. The van der Waals surface area contributed by atoms with E-state index in [9.17, 15) is 0 Å². The summed E-state index contributed by atoms with van der Waals surface area (Å²) in [6.45, 7) is 5.95. The first-order chi connectivity index (χ1) is 10.7. The number of unbranched alkanes of at least 4 members (excludes halogenated alkanes) is 1. The second-order valence-corrected chi connectivity index (χ2v) is 6.06. The zero-order valence-corrected chi connectivity index (χ0v) is 13.4. The van der Waals surface area contributed by atoms with Crippen molar-refractivity contribution >= 4 is 16.9 Å². The second-order valence-electron chi connectivity index (χ2n) is 6.06. The second kappa shape index (κ2) is 7.01. The minimum Gasteiger partial charge on any atom is -0.378 e. The smallest absolute Gasteiger partial charge is 0.165 e. The van der Waals surface area contributed by atoms with Gasteiger partial charge in [0.2, 0.25) is 0 Å². The molecule has 5 nitrogen and oxygen atoms in total. The van der Waals surface area contributed by atoms with Crippen LogP contribution in [0.3, 0.4) is 0 Å². The Kier molecular flexibility index (Phi) is 4.83. The van der Waals surface area contributed by atoms with Crippen molar-refractivity contribution in [2.24, 2.45) is 0 Å². The van der Waals surface area contributed by atoms with E-state index in [1.54, 1.807) is 6.33 Å². The molecule has 0 radical (unpaired) electrons. The maximum Gasteiger partial charge on any atom is 0.165 e. The van der Waals surface area contributed by atoms with Crippen LogP contribution in [-0.4, -0.2) is 34.2 Å². The van der Waals surface area contributed by atoms with Gasteiger partial charge < -0.3 is 10.1 Å². The largest absolute Gasteiger partial charge is 0.378 e. The van der Waals surface area contributed by atoms with E-state index in [1.807, 2.05) is 6.92 Å². The van der Waals surface area contributed by atoms with Gasteiger partial charge in [-0.3, -0.25) is 0 Å². The highest BCUT2D eigenvalue weighted by Gasteiger charge is 2.14. The fraction of sp³-hybridized carbons (Fsp3) is 0.588. The molecule has 3 rings (SSSR count). The van der Waals surface area contributed by atoms with Crippen LogP contribution in [0, 0.1) is 13.8 Å². The number of anilines is 1. The molecule has 22 heavy (non-hydrogen) atoms. The van der Waals surface area contributed by atoms with Gasteiger partial charge in [-0.25, -0.2) is 15.0 Å². The number of pyridine rings is 1. The first kappa shape index (κ1) is 15.2. The lowest BCUT2D eigenvalue weighted by Gasteiger charge is -2.11. The fourth-order valence-electron chi connectivity index (χ4n) is 3.12. The van der Waals surface area contributed by atoms with Crippen LogP contribution in [0.25, 0.3) is 11.0 Å². The topological polar surface area (TPSA) is 59.9 Å². The number of hydrogen-bond acceptors (Lipinski definition) is 5. The molecule has 1 fully saturated rings. The summed E-state index contributed by atoms with van der Waals surface area (Å²) in [5.74, 6) is 0.895. The Morgan fingerprint density at radius 3 is 3.00 bits per heavy atom. The van der Waals surface area contributed by atoms with Crippen LogP contribution in [0.2, 0.25) is 0 Å². The van der Waals surface area contributed by atoms with Crippen molar-refractivity contribution in [3.63, 3.8) is 0 Å². The number of nitrogens with one attached hydrogen (secondary N) is 1. The number of nitrogens with zero attached hydrogens (tertiary/aromatic N) is 3. The van der Waals surface area contributed by atoms with E-state index in [-0.39, 0.29) is 0 Å². The normalized spacial score (nSPS) is 18.0. The van der Waals surface area contributed by atoms with E-state index in [0.29, 0.717) is 6.10 Å². The third-order valence-electron chi connectivity index (χ3n) is 4.20. The highest BCUT2D eigenvalue weighted by Crippen LogP contribution is 2.23. The van der Waals surface area contributed by atoms with Crippen LogP contribution in [0.15, 0.2) is 12.4 Å². The molecule has 2 aromatic heterocycles. The summed E-state index contributed by atoms with van der Waals surface area (Å²) in [5, 5.41) is 4.48. The van der Waals surface area contributed by atoms with Gasteiger partial charge in [-0.2, -0.15) is 0 Å². The summed E-state index contributed by atoms with van der Waals surface area (Å²) in [7, 11) is 0. The zero-order valence-electron chi connectivity index (χ0n) is 13.4. The molecule has 3 heterocycles. The first-order valence-corrected chi connectivity index (χ1v) is 8.18. The SMILES string of the molecule is Cc1cc(C)c2c(NCCCC[C@H]3CCCO3)ncnc2n1. The average molecular weight is 300 g/mol.